The number of rotatable bonds is 6. The topological polar surface area (TPSA) is 58.5 Å². The van der Waals surface area contributed by atoms with Crippen LogP contribution in [0.15, 0.2) is 29.3 Å². The summed E-state index contributed by atoms with van der Waals surface area (Å²) in [5, 5.41) is 8.25. The van der Waals surface area contributed by atoms with Crippen LogP contribution in [0.4, 0.5) is 0 Å². The van der Waals surface area contributed by atoms with Gasteiger partial charge in [0.2, 0.25) is 0 Å². The molecule has 2 aromatic rings. The van der Waals surface area contributed by atoms with Crippen LogP contribution in [0.2, 0.25) is 5.02 Å². The van der Waals surface area contributed by atoms with Gasteiger partial charge in [-0.3, -0.25) is 4.99 Å². The number of aryl methyl sites for hydroxylation is 2. The molecule has 0 fully saturated rings. The third kappa shape index (κ3) is 5.39. The molecule has 0 bridgehead atoms. The second-order valence-corrected chi connectivity index (χ2v) is 7.10. The maximum atomic E-state index is 6.11. The summed E-state index contributed by atoms with van der Waals surface area (Å²) in [6.45, 7) is 7.35. The molecule has 1 atom stereocenters. The number of aromatic nitrogens is 1. The third-order valence-electron chi connectivity index (χ3n) is 3.36. The fraction of sp³-hybridized carbons (Fsp3) is 0.412. The molecule has 1 unspecified atom stereocenters. The smallest absolute Gasteiger partial charge is 0.191 e. The number of nitrogens with one attached hydrogen (secondary N) is 2. The molecule has 2 rings (SSSR count). The van der Waals surface area contributed by atoms with E-state index in [1.807, 2.05) is 45.0 Å². The van der Waals surface area contributed by atoms with E-state index in [9.17, 15) is 0 Å². The van der Waals surface area contributed by atoms with Crippen LogP contribution in [0, 0.1) is 13.8 Å². The molecule has 0 saturated heterocycles. The van der Waals surface area contributed by atoms with E-state index >= 15 is 0 Å². The second-order valence-electron chi connectivity index (χ2n) is 5.41. The molecule has 0 radical (unpaired) electrons. The highest BCUT2D eigenvalue weighted by Crippen LogP contribution is 2.24. The van der Waals surface area contributed by atoms with E-state index in [1.54, 1.807) is 18.4 Å². The van der Waals surface area contributed by atoms with Gasteiger partial charge in [0.25, 0.3) is 0 Å². The van der Waals surface area contributed by atoms with Crippen molar-refractivity contribution < 1.29 is 4.74 Å². The normalized spacial score (nSPS) is 12.8. The van der Waals surface area contributed by atoms with Gasteiger partial charge < -0.3 is 15.4 Å². The van der Waals surface area contributed by atoms with Crippen molar-refractivity contribution in [2.24, 2.45) is 4.99 Å². The molecule has 0 amide bonds. The van der Waals surface area contributed by atoms with Crippen molar-refractivity contribution in [2.45, 2.75) is 33.4 Å². The van der Waals surface area contributed by atoms with E-state index in [2.05, 4.69) is 20.6 Å². The zero-order chi connectivity index (χ0) is 17.5. The molecule has 0 aliphatic rings. The lowest BCUT2D eigenvalue weighted by atomic mass is 10.3. The molecular formula is C17H23ClN4OS. The Morgan fingerprint density at radius 3 is 2.71 bits per heavy atom. The average molecular weight is 367 g/mol. The van der Waals surface area contributed by atoms with Crippen LogP contribution in [0.1, 0.15) is 22.5 Å². The Balaban J connectivity index is 1.81. The number of guanidine groups is 1. The Bertz CT molecular complexity index is 702. The van der Waals surface area contributed by atoms with Gasteiger partial charge >= 0.3 is 0 Å². The Morgan fingerprint density at radius 2 is 2.08 bits per heavy atom. The van der Waals surface area contributed by atoms with Crippen LogP contribution in [0.25, 0.3) is 0 Å². The van der Waals surface area contributed by atoms with Crippen molar-refractivity contribution in [1.82, 2.24) is 15.6 Å². The monoisotopic (exact) mass is 366 g/mol. The zero-order valence-corrected chi connectivity index (χ0v) is 16.0. The van der Waals surface area contributed by atoms with Crippen molar-refractivity contribution in [3.05, 3.63) is 44.9 Å². The summed E-state index contributed by atoms with van der Waals surface area (Å²) in [7, 11) is 1.75. The molecule has 1 aromatic heterocycles. The number of aliphatic imine (C=N–C) groups is 1. The van der Waals surface area contributed by atoms with E-state index in [0.29, 0.717) is 23.9 Å². The number of hydrogen-bond acceptors (Lipinski definition) is 4. The maximum absolute atomic E-state index is 6.11. The van der Waals surface area contributed by atoms with E-state index in [4.69, 9.17) is 16.3 Å². The summed E-state index contributed by atoms with van der Waals surface area (Å²) in [5.41, 5.74) is 1.07. The SMILES string of the molecule is CN=C(NCc1sc(C)nc1C)NCC(C)Oc1ccccc1Cl. The largest absolute Gasteiger partial charge is 0.487 e. The molecule has 0 aliphatic heterocycles. The fourth-order valence-corrected chi connectivity index (χ4v) is 3.22. The van der Waals surface area contributed by atoms with E-state index < -0.39 is 0 Å². The van der Waals surface area contributed by atoms with Gasteiger partial charge in [0.15, 0.2) is 5.96 Å². The summed E-state index contributed by atoms with van der Waals surface area (Å²) in [5.74, 6) is 1.42. The standard InChI is InChI=1S/C17H23ClN4OS/c1-11(23-15-8-6-5-7-14(15)18)9-20-17(19-4)21-10-16-12(2)22-13(3)24-16/h5-8,11H,9-10H2,1-4H3,(H2,19,20,21). The van der Waals surface area contributed by atoms with Gasteiger partial charge in [-0.15, -0.1) is 11.3 Å². The highest BCUT2D eigenvalue weighted by molar-refractivity contribution is 7.11. The number of nitrogens with zero attached hydrogens (tertiary/aromatic N) is 2. The summed E-state index contributed by atoms with van der Waals surface area (Å²) in [6, 6.07) is 7.46. The van der Waals surface area contributed by atoms with Crippen molar-refractivity contribution in [2.75, 3.05) is 13.6 Å². The first-order valence-corrected chi connectivity index (χ1v) is 8.97. The minimum absolute atomic E-state index is 0.0455. The Kier molecular flexibility index (Phi) is 6.87. The quantitative estimate of drug-likeness (QED) is 0.606. The molecule has 130 valence electrons. The van der Waals surface area contributed by atoms with Gasteiger partial charge in [0.05, 0.1) is 28.8 Å². The maximum Gasteiger partial charge on any atom is 0.191 e. The number of thiazole rings is 1. The molecule has 1 aromatic carbocycles. The highest BCUT2D eigenvalue weighted by atomic mass is 35.5. The van der Waals surface area contributed by atoms with Crippen LogP contribution in [-0.2, 0) is 6.54 Å². The zero-order valence-electron chi connectivity index (χ0n) is 14.4. The van der Waals surface area contributed by atoms with Gasteiger partial charge in [-0.05, 0) is 32.9 Å². The summed E-state index contributed by atoms with van der Waals surface area (Å²) in [6.07, 6.45) is -0.0455. The number of hydrogen-bond donors (Lipinski definition) is 2. The van der Waals surface area contributed by atoms with Crippen LogP contribution < -0.4 is 15.4 Å². The predicted molar refractivity (Wildman–Crippen MR) is 101 cm³/mol. The fourth-order valence-electron chi connectivity index (χ4n) is 2.16. The van der Waals surface area contributed by atoms with E-state index in [-0.39, 0.29) is 6.10 Å². The second kappa shape index (κ2) is 8.89. The van der Waals surface area contributed by atoms with Gasteiger partial charge in [-0.25, -0.2) is 4.98 Å². The Morgan fingerprint density at radius 1 is 1.33 bits per heavy atom. The molecule has 7 heteroatoms. The van der Waals surface area contributed by atoms with Crippen molar-refractivity contribution >= 4 is 28.9 Å². The van der Waals surface area contributed by atoms with Gasteiger partial charge in [0, 0.05) is 11.9 Å². The Hall–Kier alpha value is -1.79. The lowest BCUT2D eigenvalue weighted by Crippen LogP contribution is -2.41. The minimum atomic E-state index is -0.0455. The molecule has 0 aliphatic carbocycles. The van der Waals surface area contributed by atoms with Gasteiger partial charge in [-0.1, -0.05) is 23.7 Å². The summed E-state index contributed by atoms with van der Waals surface area (Å²) in [4.78, 5) is 9.88. The minimum Gasteiger partial charge on any atom is -0.487 e. The predicted octanol–water partition coefficient (Wildman–Crippen LogP) is 3.55. The van der Waals surface area contributed by atoms with Crippen LogP contribution in [-0.4, -0.2) is 30.6 Å². The summed E-state index contributed by atoms with van der Waals surface area (Å²) >= 11 is 7.81. The Labute approximate surface area is 152 Å². The molecule has 2 N–H and O–H groups in total. The summed E-state index contributed by atoms with van der Waals surface area (Å²) < 4.78 is 5.84. The first-order valence-electron chi connectivity index (χ1n) is 7.78. The van der Waals surface area contributed by atoms with Crippen molar-refractivity contribution in [3.63, 3.8) is 0 Å². The van der Waals surface area contributed by atoms with Gasteiger partial charge in [0.1, 0.15) is 11.9 Å². The van der Waals surface area contributed by atoms with Gasteiger partial charge in [-0.2, -0.15) is 0 Å². The lowest BCUT2D eigenvalue weighted by Gasteiger charge is -2.18. The number of para-hydroxylation sites is 1. The van der Waals surface area contributed by atoms with E-state index in [0.717, 1.165) is 16.7 Å². The molecule has 5 nitrogen and oxygen atoms in total. The lowest BCUT2D eigenvalue weighted by molar-refractivity contribution is 0.224. The van der Waals surface area contributed by atoms with Crippen molar-refractivity contribution in [1.29, 1.82) is 0 Å². The van der Waals surface area contributed by atoms with Crippen molar-refractivity contribution in [3.8, 4) is 5.75 Å². The first kappa shape index (κ1) is 18.5. The average Bonchev–Trinajstić information content (AvgIpc) is 2.87. The first-order chi connectivity index (χ1) is 11.5. The van der Waals surface area contributed by atoms with E-state index in [1.165, 1.54) is 4.88 Å². The highest BCUT2D eigenvalue weighted by Gasteiger charge is 2.09. The third-order valence-corrected chi connectivity index (χ3v) is 4.75. The molecule has 0 spiro atoms. The molecule has 1 heterocycles. The molecular weight excluding hydrogens is 344 g/mol. The molecule has 24 heavy (non-hydrogen) atoms. The molecule has 0 saturated carbocycles. The number of benzene rings is 1. The number of halogens is 1. The number of ether oxygens (including phenoxy) is 1. The van der Waals surface area contributed by atoms with Crippen LogP contribution in [0.3, 0.4) is 0 Å². The van der Waals surface area contributed by atoms with Crippen LogP contribution >= 0.6 is 22.9 Å². The van der Waals surface area contributed by atoms with Crippen LogP contribution in [0.5, 0.6) is 5.75 Å².